The van der Waals surface area contributed by atoms with Crippen LogP contribution in [0.5, 0.6) is 11.5 Å². The lowest BCUT2D eigenvalue weighted by Gasteiger charge is -2.14. The lowest BCUT2D eigenvalue weighted by molar-refractivity contribution is 0.401. The summed E-state index contributed by atoms with van der Waals surface area (Å²) < 4.78 is 13.4. The maximum Gasteiger partial charge on any atom is 0.279 e. The number of rotatable bonds is 7. The number of aromatic nitrogens is 4. The molecule has 0 unspecified atom stereocenters. The van der Waals surface area contributed by atoms with Crippen LogP contribution in [0.1, 0.15) is 11.1 Å². The summed E-state index contributed by atoms with van der Waals surface area (Å²) in [4.78, 5) is 26.9. The monoisotopic (exact) mass is 430 g/mol. The van der Waals surface area contributed by atoms with Crippen molar-refractivity contribution < 1.29 is 9.47 Å². The van der Waals surface area contributed by atoms with E-state index >= 15 is 0 Å². The molecule has 0 aliphatic carbocycles. The van der Waals surface area contributed by atoms with Gasteiger partial charge in [-0.1, -0.05) is 60.7 Å². The molecule has 0 N–H and O–H groups in total. The highest BCUT2D eigenvalue weighted by atomic mass is 16.5. The lowest BCUT2D eigenvalue weighted by Crippen LogP contribution is -2.30. The van der Waals surface area contributed by atoms with Crippen LogP contribution in [0.3, 0.4) is 0 Å². The van der Waals surface area contributed by atoms with Crippen LogP contribution < -0.4 is 20.6 Å². The first kappa shape index (κ1) is 21.0. The molecule has 0 spiro atoms. The van der Waals surface area contributed by atoms with Gasteiger partial charge in [-0.15, -0.1) is 0 Å². The fourth-order valence-electron chi connectivity index (χ4n) is 3.45. The molecule has 2 aromatic heterocycles. The van der Waals surface area contributed by atoms with Crippen molar-refractivity contribution in [3.8, 4) is 22.6 Å². The third-order valence-corrected chi connectivity index (χ3v) is 5.06. The van der Waals surface area contributed by atoms with Crippen molar-refractivity contribution in [3.05, 3.63) is 105 Å². The number of benzene rings is 2. The predicted octanol–water partition coefficient (Wildman–Crippen LogP) is 2.58. The van der Waals surface area contributed by atoms with Crippen LogP contribution in [0, 0.1) is 0 Å². The molecule has 0 radical (unpaired) electrons. The second-order valence-corrected chi connectivity index (χ2v) is 7.07. The molecular weight excluding hydrogens is 408 g/mol. The van der Waals surface area contributed by atoms with Crippen molar-refractivity contribution in [2.45, 2.75) is 13.1 Å². The third-order valence-electron chi connectivity index (χ3n) is 5.06. The average Bonchev–Trinajstić information content (AvgIpc) is 2.83. The van der Waals surface area contributed by atoms with E-state index < -0.39 is 11.1 Å². The third kappa shape index (κ3) is 4.15. The van der Waals surface area contributed by atoms with Gasteiger partial charge in [0.15, 0.2) is 11.5 Å². The van der Waals surface area contributed by atoms with Gasteiger partial charge in [0.25, 0.3) is 11.1 Å². The summed E-state index contributed by atoms with van der Waals surface area (Å²) in [5.41, 5.74) is 1.07. The summed E-state index contributed by atoms with van der Waals surface area (Å²) in [7, 11) is 2.86. The van der Waals surface area contributed by atoms with Crippen molar-refractivity contribution in [1.29, 1.82) is 0 Å². The Kier molecular flexibility index (Phi) is 6.12. The molecule has 8 nitrogen and oxygen atoms in total. The van der Waals surface area contributed by atoms with Crippen LogP contribution >= 0.6 is 0 Å². The topological polar surface area (TPSA) is 88.2 Å². The molecule has 0 atom stereocenters. The number of hydrogen-bond donors (Lipinski definition) is 0. The number of nitrogens with zero attached hydrogens (tertiary/aromatic N) is 4. The summed E-state index contributed by atoms with van der Waals surface area (Å²) in [6.07, 6.45) is 2.86. The molecule has 2 heterocycles. The maximum atomic E-state index is 13.4. The number of hydrogen-bond acceptors (Lipinski definition) is 6. The SMILES string of the molecule is COc1cnn(Cc2ccccc2)c(=O)c1-c1c(OC)cnn(Cc2ccccc2)c1=O. The van der Waals surface area contributed by atoms with E-state index in [4.69, 9.17) is 9.47 Å². The standard InChI is InChI=1S/C24H22N4O4/c1-31-19-13-25-27(15-17-9-5-3-6-10-17)23(29)21(19)22-20(32-2)14-26-28(24(22)30)16-18-11-7-4-8-12-18/h3-14H,15-16H2,1-2H3. The summed E-state index contributed by atoms with van der Waals surface area (Å²) in [6.45, 7) is 0.505. The minimum Gasteiger partial charge on any atom is -0.494 e. The molecule has 8 heteroatoms. The van der Waals surface area contributed by atoms with Gasteiger partial charge in [0.1, 0.15) is 11.1 Å². The zero-order valence-corrected chi connectivity index (χ0v) is 17.8. The van der Waals surface area contributed by atoms with Gasteiger partial charge in [0, 0.05) is 0 Å². The number of methoxy groups -OCH3 is 2. The minimum atomic E-state index is -0.457. The quantitative estimate of drug-likeness (QED) is 0.448. The van der Waals surface area contributed by atoms with E-state index in [0.717, 1.165) is 11.1 Å². The van der Waals surface area contributed by atoms with Gasteiger partial charge in [-0.2, -0.15) is 10.2 Å². The van der Waals surface area contributed by atoms with Crippen LogP contribution in [-0.4, -0.2) is 33.8 Å². The van der Waals surface area contributed by atoms with Crippen LogP contribution in [0.4, 0.5) is 0 Å². The van der Waals surface area contributed by atoms with E-state index in [2.05, 4.69) is 10.2 Å². The first-order valence-corrected chi connectivity index (χ1v) is 9.98. The van der Waals surface area contributed by atoms with Crippen LogP contribution in [0.25, 0.3) is 11.1 Å². The van der Waals surface area contributed by atoms with Crippen molar-refractivity contribution in [2.75, 3.05) is 14.2 Å². The van der Waals surface area contributed by atoms with Gasteiger partial charge in [-0.3, -0.25) is 9.59 Å². The molecule has 0 fully saturated rings. The molecule has 0 saturated heterocycles. The van der Waals surface area contributed by atoms with Gasteiger partial charge < -0.3 is 9.47 Å². The number of ether oxygens (including phenoxy) is 2. The Hall–Kier alpha value is -4.20. The minimum absolute atomic E-state index is 0.0875. The van der Waals surface area contributed by atoms with Gasteiger partial charge >= 0.3 is 0 Å². The highest BCUT2D eigenvalue weighted by Crippen LogP contribution is 2.29. The molecule has 4 aromatic rings. The van der Waals surface area contributed by atoms with Crippen LogP contribution in [-0.2, 0) is 13.1 Å². The first-order valence-electron chi connectivity index (χ1n) is 9.98. The Labute approximate surface area is 184 Å². The molecule has 162 valence electrons. The second-order valence-electron chi connectivity index (χ2n) is 7.07. The van der Waals surface area contributed by atoms with Crippen molar-refractivity contribution in [1.82, 2.24) is 19.6 Å². The van der Waals surface area contributed by atoms with E-state index in [1.807, 2.05) is 60.7 Å². The summed E-state index contributed by atoms with van der Waals surface area (Å²) in [6, 6.07) is 19.0. The molecule has 0 amide bonds. The highest BCUT2D eigenvalue weighted by molar-refractivity contribution is 5.73. The Morgan fingerprint density at radius 1 is 0.656 bits per heavy atom. The maximum absolute atomic E-state index is 13.4. The fourth-order valence-corrected chi connectivity index (χ4v) is 3.45. The summed E-state index contributed by atoms with van der Waals surface area (Å²) in [5.74, 6) is 0.374. The average molecular weight is 430 g/mol. The second kappa shape index (κ2) is 9.30. The molecule has 32 heavy (non-hydrogen) atoms. The molecule has 0 bridgehead atoms. The summed E-state index contributed by atoms with van der Waals surface area (Å²) >= 11 is 0. The first-order chi connectivity index (χ1) is 15.6. The van der Waals surface area contributed by atoms with Gasteiger partial charge in [0.2, 0.25) is 0 Å². The zero-order chi connectivity index (χ0) is 22.5. The Morgan fingerprint density at radius 2 is 1.03 bits per heavy atom. The Morgan fingerprint density at radius 3 is 1.38 bits per heavy atom. The predicted molar refractivity (Wildman–Crippen MR) is 120 cm³/mol. The molecule has 4 rings (SSSR count). The molecule has 0 aliphatic rings. The highest BCUT2D eigenvalue weighted by Gasteiger charge is 2.23. The van der Waals surface area contributed by atoms with Crippen LogP contribution in [0.2, 0.25) is 0 Å². The van der Waals surface area contributed by atoms with Crippen molar-refractivity contribution >= 4 is 0 Å². The van der Waals surface area contributed by atoms with Gasteiger partial charge in [-0.25, -0.2) is 9.36 Å². The van der Waals surface area contributed by atoms with Gasteiger partial charge in [0.05, 0.1) is 39.7 Å². The van der Waals surface area contributed by atoms with E-state index in [1.54, 1.807) is 0 Å². The fraction of sp³-hybridized carbons (Fsp3) is 0.167. The normalized spacial score (nSPS) is 10.7. The zero-order valence-electron chi connectivity index (χ0n) is 17.8. The Balaban J connectivity index is 1.88. The van der Waals surface area contributed by atoms with E-state index in [1.165, 1.54) is 36.0 Å². The molecule has 0 saturated carbocycles. The summed E-state index contributed by atoms with van der Waals surface area (Å²) in [5, 5.41) is 8.44. The van der Waals surface area contributed by atoms with Crippen molar-refractivity contribution in [2.24, 2.45) is 0 Å². The molecular formula is C24H22N4O4. The van der Waals surface area contributed by atoms with Crippen molar-refractivity contribution in [3.63, 3.8) is 0 Å². The van der Waals surface area contributed by atoms with E-state index in [9.17, 15) is 9.59 Å². The van der Waals surface area contributed by atoms with E-state index in [0.29, 0.717) is 0 Å². The molecule has 2 aromatic carbocycles. The largest absolute Gasteiger partial charge is 0.494 e. The van der Waals surface area contributed by atoms with Crippen LogP contribution in [0.15, 0.2) is 82.6 Å². The lowest BCUT2D eigenvalue weighted by atomic mass is 10.1. The van der Waals surface area contributed by atoms with Gasteiger partial charge in [-0.05, 0) is 11.1 Å². The molecule has 0 aliphatic heterocycles. The Bertz CT molecular complexity index is 1230. The van der Waals surface area contributed by atoms with E-state index in [-0.39, 0.29) is 35.7 Å². The smallest absolute Gasteiger partial charge is 0.279 e.